The zero-order chi connectivity index (χ0) is 12.3. The predicted octanol–water partition coefficient (Wildman–Crippen LogP) is 4.30. The molecule has 0 aromatic heterocycles. The van der Waals surface area contributed by atoms with Crippen molar-refractivity contribution in [3.8, 4) is 0 Å². The van der Waals surface area contributed by atoms with E-state index in [4.69, 9.17) is 17.3 Å². The summed E-state index contributed by atoms with van der Waals surface area (Å²) in [5.74, 6) is 0. The van der Waals surface area contributed by atoms with Gasteiger partial charge < -0.3 is 11.1 Å². The number of benzene rings is 2. The first-order chi connectivity index (χ1) is 8.16. The van der Waals surface area contributed by atoms with Gasteiger partial charge in [0.1, 0.15) is 0 Å². The van der Waals surface area contributed by atoms with Crippen molar-refractivity contribution in [1.82, 2.24) is 0 Å². The van der Waals surface area contributed by atoms with Gasteiger partial charge in [0.05, 0.1) is 0 Å². The van der Waals surface area contributed by atoms with Crippen LogP contribution in [0, 0.1) is 0 Å². The Morgan fingerprint density at radius 3 is 2.65 bits per heavy atom. The highest BCUT2D eigenvalue weighted by Gasteiger charge is 2.02. The van der Waals surface area contributed by atoms with Gasteiger partial charge in [-0.1, -0.05) is 29.8 Å². The molecule has 0 heterocycles. The molecule has 0 aliphatic rings. The summed E-state index contributed by atoms with van der Waals surface area (Å²) < 4.78 is 0.944. The Hall–Kier alpha value is -1.19. The second-order valence-electron chi connectivity index (χ2n) is 3.68. The molecule has 2 nitrogen and oxygen atoms in total. The average molecular weight is 312 g/mol. The van der Waals surface area contributed by atoms with Crippen molar-refractivity contribution in [3.05, 3.63) is 57.5 Å². The fourth-order valence-electron chi connectivity index (χ4n) is 1.52. The molecule has 0 aliphatic heterocycles. The molecular weight excluding hydrogens is 300 g/mol. The number of para-hydroxylation sites is 1. The van der Waals surface area contributed by atoms with Gasteiger partial charge in [-0.25, -0.2) is 0 Å². The van der Waals surface area contributed by atoms with Crippen LogP contribution in [0.1, 0.15) is 5.56 Å². The summed E-state index contributed by atoms with van der Waals surface area (Å²) in [5.41, 5.74) is 8.75. The standard InChI is InChI=1S/C13H12BrClN2/c14-11-7-10(15)5-6-13(11)17-8-9-3-1-2-4-12(9)16/h1-7,17H,8,16H2. The van der Waals surface area contributed by atoms with Crippen molar-refractivity contribution in [1.29, 1.82) is 0 Å². The van der Waals surface area contributed by atoms with Crippen LogP contribution >= 0.6 is 27.5 Å². The van der Waals surface area contributed by atoms with Gasteiger partial charge >= 0.3 is 0 Å². The van der Waals surface area contributed by atoms with Gasteiger partial charge in [-0.05, 0) is 45.8 Å². The second kappa shape index (κ2) is 5.43. The van der Waals surface area contributed by atoms with Crippen molar-refractivity contribution in [2.45, 2.75) is 6.54 Å². The van der Waals surface area contributed by atoms with Crippen LogP contribution < -0.4 is 11.1 Å². The summed E-state index contributed by atoms with van der Waals surface area (Å²) >= 11 is 9.34. The fraction of sp³-hybridized carbons (Fsp3) is 0.0769. The maximum atomic E-state index is 5.88. The Kier molecular flexibility index (Phi) is 3.92. The average Bonchev–Trinajstić information content (AvgIpc) is 2.30. The summed E-state index contributed by atoms with van der Waals surface area (Å²) in [5, 5.41) is 4.02. The van der Waals surface area contributed by atoms with E-state index in [1.807, 2.05) is 42.5 Å². The molecule has 0 spiro atoms. The van der Waals surface area contributed by atoms with Crippen molar-refractivity contribution in [2.24, 2.45) is 0 Å². The van der Waals surface area contributed by atoms with Gasteiger partial charge in [0, 0.05) is 27.4 Å². The van der Waals surface area contributed by atoms with Crippen LogP contribution in [-0.4, -0.2) is 0 Å². The molecule has 2 aromatic rings. The summed E-state index contributed by atoms with van der Waals surface area (Å²) in [6.45, 7) is 0.687. The van der Waals surface area contributed by atoms with Crippen LogP contribution in [0.4, 0.5) is 11.4 Å². The van der Waals surface area contributed by atoms with Crippen LogP contribution in [0.25, 0.3) is 0 Å². The Bertz CT molecular complexity index is 529. The van der Waals surface area contributed by atoms with Gasteiger partial charge in [-0.15, -0.1) is 0 Å². The number of halogens is 2. The number of rotatable bonds is 3. The molecule has 0 saturated heterocycles. The SMILES string of the molecule is Nc1ccccc1CNc1ccc(Cl)cc1Br. The first-order valence-electron chi connectivity index (χ1n) is 5.19. The molecule has 3 N–H and O–H groups in total. The lowest BCUT2D eigenvalue weighted by molar-refractivity contribution is 1.15. The monoisotopic (exact) mass is 310 g/mol. The lowest BCUT2D eigenvalue weighted by Gasteiger charge is -2.10. The van der Waals surface area contributed by atoms with E-state index in [1.54, 1.807) is 0 Å². The largest absolute Gasteiger partial charge is 0.398 e. The molecule has 88 valence electrons. The molecule has 4 heteroatoms. The number of hydrogen-bond donors (Lipinski definition) is 2. The molecule has 17 heavy (non-hydrogen) atoms. The fourth-order valence-corrected chi connectivity index (χ4v) is 2.34. The molecule has 0 amide bonds. The van der Waals surface area contributed by atoms with E-state index in [2.05, 4.69) is 21.2 Å². The highest BCUT2D eigenvalue weighted by molar-refractivity contribution is 9.10. The third-order valence-electron chi connectivity index (χ3n) is 2.46. The van der Waals surface area contributed by atoms with Gasteiger partial charge in [-0.2, -0.15) is 0 Å². The van der Waals surface area contributed by atoms with Crippen LogP contribution in [0.5, 0.6) is 0 Å². The second-order valence-corrected chi connectivity index (χ2v) is 4.97. The minimum absolute atomic E-state index is 0.687. The van der Waals surface area contributed by atoms with E-state index in [0.717, 1.165) is 21.4 Å². The lowest BCUT2D eigenvalue weighted by atomic mass is 10.2. The highest BCUT2D eigenvalue weighted by Crippen LogP contribution is 2.26. The molecule has 0 aliphatic carbocycles. The van der Waals surface area contributed by atoms with E-state index in [9.17, 15) is 0 Å². The summed E-state index contributed by atoms with van der Waals surface area (Å²) in [4.78, 5) is 0. The van der Waals surface area contributed by atoms with E-state index in [0.29, 0.717) is 11.6 Å². The van der Waals surface area contributed by atoms with Gasteiger partial charge in [0.15, 0.2) is 0 Å². The van der Waals surface area contributed by atoms with E-state index >= 15 is 0 Å². The van der Waals surface area contributed by atoms with E-state index in [1.165, 1.54) is 0 Å². The van der Waals surface area contributed by atoms with Crippen molar-refractivity contribution < 1.29 is 0 Å². The van der Waals surface area contributed by atoms with E-state index < -0.39 is 0 Å². The quantitative estimate of drug-likeness (QED) is 0.830. The zero-order valence-corrected chi connectivity index (χ0v) is 11.4. The van der Waals surface area contributed by atoms with Crippen LogP contribution in [0.15, 0.2) is 46.9 Å². The van der Waals surface area contributed by atoms with Crippen molar-refractivity contribution in [3.63, 3.8) is 0 Å². The molecular formula is C13H12BrClN2. The molecule has 0 fully saturated rings. The Morgan fingerprint density at radius 1 is 1.18 bits per heavy atom. The number of nitrogens with one attached hydrogen (secondary N) is 1. The first kappa shape index (κ1) is 12.3. The maximum Gasteiger partial charge on any atom is 0.0488 e. The third kappa shape index (κ3) is 3.14. The number of nitrogens with two attached hydrogens (primary N) is 1. The minimum atomic E-state index is 0.687. The van der Waals surface area contributed by atoms with Crippen LogP contribution in [0.3, 0.4) is 0 Å². The van der Waals surface area contributed by atoms with E-state index in [-0.39, 0.29) is 0 Å². The first-order valence-corrected chi connectivity index (χ1v) is 6.36. The van der Waals surface area contributed by atoms with Gasteiger partial charge in [-0.3, -0.25) is 0 Å². The minimum Gasteiger partial charge on any atom is -0.398 e. The predicted molar refractivity (Wildman–Crippen MR) is 77.3 cm³/mol. The summed E-state index contributed by atoms with van der Waals surface area (Å²) in [6.07, 6.45) is 0. The molecule has 0 atom stereocenters. The number of hydrogen-bond acceptors (Lipinski definition) is 2. The Morgan fingerprint density at radius 2 is 1.94 bits per heavy atom. The number of nitrogen functional groups attached to an aromatic ring is 1. The topological polar surface area (TPSA) is 38.0 Å². The highest BCUT2D eigenvalue weighted by atomic mass is 79.9. The number of anilines is 2. The lowest BCUT2D eigenvalue weighted by Crippen LogP contribution is -2.03. The normalized spacial score (nSPS) is 10.2. The molecule has 0 bridgehead atoms. The van der Waals surface area contributed by atoms with Gasteiger partial charge in [0.2, 0.25) is 0 Å². The van der Waals surface area contributed by atoms with Gasteiger partial charge in [0.25, 0.3) is 0 Å². The maximum absolute atomic E-state index is 5.88. The summed E-state index contributed by atoms with van der Waals surface area (Å²) in [7, 11) is 0. The zero-order valence-electron chi connectivity index (χ0n) is 9.08. The summed E-state index contributed by atoms with van der Waals surface area (Å²) in [6, 6.07) is 13.5. The van der Waals surface area contributed by atoms with Crippen LogP contribution in [0.2, 0.25) is 5.02 Å². The van der Waals surface area contributed by atoms with Crippen LogP contribution in [-0.2, 0) is 6.54 Å². The molecule has 2 aromatic carbocycles. The molecule has 2 rings (SSSR count). The Labute approximate surface area is 114 Å². The Balaban J connectivity index is 2.10. The van der Waals surface area contributed by atoms with Crippen molar-refractivity contribution >= 4 is 38.9 Å². The third-order valence-corrected chi connectivity index (χ3v) is 3.35. The molecule has 0 radical (unpaired) electrons. The molecule has 0 saturated carbocycles. The molecule has 0 unspecified atom stereocenters. The van der Waals surface area contributed by atoms with Crippen molar-refractivity contribution in [2.75, 3.05) is 11.1 Å². The smallest absolute Gasteiger partial charge is 0.0488 e.